The molecule has 30 heavy (non-hydrogen) atoms. The van der Waals surface area contributed by atoms with Crippen LogP contribution in [0.15, 0.2) is 60.7 Å². The van der Waals surface area contributed by atoms with Crippen molar-refractivity contribution < 1.29 is 14.3 Å². The monoisotopic (exact) mass is 418 g/mol. The van der Waals surface area contributed by atoms with Gasteiger partial charge < -0.3 is 9.47 Å². The third-order valence-corrected chi connectivity index (χ3v) is 6.54. The van der Waals surface area contributed by atoms with Crippen LogP contribution in [0.2, 0.25) is 5.02 Å². The van der Waals surface area contributed by atoms with Crippen LogP contribution in [0.1, 0.15) is 36.5 Å². The number of Topliss-reactive ketones (excluding diaryl/α,β-unsaturated/α-hetero) is 1. The minimum atomic E-state index is -0.384. The Bertz CT molecular complexity index is 1110. The van der Waals surface area contributed by atoms with Crippen LogP contribution < -0.4 is 9.47 Å². The first-order valence-corrected chi connectivity index (χ1v) is 10.8. The highest BCUT2D eigenvalue weighted by atomic mass is 35.5. The number of carbonyl (C=O) groups is 1. The highest BCUT2D eigenvalue weighted by Crippen LogP contribution is 2.51. The Morgan fingerprint density at radius 3 is 2.47 bits per heavy atom. The summed E-state index contributed by atoms with van der Waals surface area (Å²) >= 11 is 6.06. The Morgan fingerprint density at radius 2 is 1.73 bits per heavy atom. The molecule has 0 unspecified atom stereocenters. The first kappa shape index (κ1) is 19.2. The fraction of sp³-hybridized carbons (Fsp3) is 0.269. The normalized spacial score (nSPS) is 15.8. The smallest absolute Gasteiger partial charge is 0.231 e. The van der Waals surface area contributed by atoms with Gasteiger partial charge in [-0.3, -0.25) is 4.79 Å². The molecule has 1 fully saturated rings. The highest BCUT2D eigenvalue weighted by molar-refractivity contribution is 6.30. The summed E-state index contributed by atoms with van der Waals surface area (Å²) in [6.07, 6.45) is 3.15. The fourth-order valence-corrected chi connectivity index (χ4v) is 4.47. The van der Waals surface area contributed by atoms with Crippen LogP contribution in [-0.2, 0) is 23.1 Å². The van der Waals surface area contributed by atoms with E-state index in [0.29, 0.717) is 6.42 Å². The predicted molar refractivity (Wildman–Crippen MR) is 118 cm³/mol. The van der Waals surface area contributed by atoms with Crippen LogP contribution >= 0.6 is 11.6 Å². The molecular weight excluding hydrogens is 396 g/mol. The average Bonchev–Trinajstić information content (AvgIpc) is 3.45. The number of benzene rings is 3. The lowest BCUT2D eigenvalue weighted by atomic mass is 9.86. The van der Waals surface area contributed by atoms with Gasteiger partial charge in [0, 0.05) is 11.4 Å². The number of rotatable bonds is 6. The molecule has 0 saturated heterocycles. The van der Waals surface area contributed by atoms with Crippen LogP contribution in [0.25, 0.3) is 11.1 Å². The number of aryl methyl sites for hydroxylation is 1. The Labute approximate surface area is 181 Å². The molecule has 0 radical (unpaired) electrons. The summed E-state index contributed by atoms with van der Waals surface area (Å²) < 4.78 is 10.9. The van der Waals surface area contributed by atoms with E-state index in [2.05, 4.69) is 25.1 Å². The van der Waals surface area contributed by atoms with E-state index in [1.807, 2.05) is 42.5 Å². The van der Waals surface area contributed by atoms with E-state index in [4.69, 9.17) is 21.1 Å². The fourth-order valence-electron chi connectivity index (χ4n) is 4.34. The Balaban J connectivity index is 1.42. The molecule has 0 amide bonds. The summed E-state index contributed by atoms with van der Waals surface area (Å²) in [6, 6.07) is 20.2. The van der Waals surface area contributed by atoms with Crippen molar-refractivity contribution in [3.05, 3.63) is 82.4 Å². The Hall–Kier alpha value is -2.78. The molecule has 1 aliphatic heterocycles. The van der Waals surface area contributed by atoms with Gasteiger partial charge in [-0.25, -0.2) is 0 Å². The molecule has 3 nitrogen and oxygen atoms in total. The summed E-state index contributed by atoms with van der Waals surface area (Å²) in [7, 11) is 0. The molecule has 0 N–H and O–H groups in total. The Kier molecular flexibility index (Phi) is 4.79. The number of hydrogen-bond acceptors (Lipinski definition) is 3. The van der Waals surface area contributed by atoms with Crippen molar-refractivity contribution in [2.24, 2.45) is 0 Å². The molecule has 0 spiro atoms. The predicted octanol–water partition coefficient (Wildman–Crippen LogP) is 6.14. The number of ketones is 1. The van der Waals surface area contributed by atoms with Crippen LogP contribution in [0, 0.1) is 0 Å². The van der Waals surface area contributed by atoms with E-state index in [1.54, 1.807) is 0 Å². The van der Waals surface area contributed by atoms with E-state index < -0.39 is 0 Å². The number of carbonyl (C=O) groups excluding carboxylic acids is 1. The third-order valence-electron chi connectivity index (χ3n) is 6.28. The van der Waals surface area contributed by atoms with E-state index in [0.717, 1.165) is 52.5 Å². The van der Waals surface area contributed by atoms with Gasteiger partial charge in [-0.05, 0) is 71.3 Å². The molecule has 3 aromatic carbocycles. The maximum absolute atomic E-state index is 13.4. The van der Waals surface area contributed by atoms with E-state index in [1.165, 1.54) is 11.1 Å². The van der Waals surface area contributed by atoms with Gasteiger partial charge >= 0.3 is 0 Å². The van der Waals surface area contributed by atoms with Gasteiger partial charge in [-0.1, -0.05) is 54.9 Å². The highest BCUT2D eigenvalue weighted by Gasteiger charge is 2.50. The lowest BCUT2D eigenvalue weighted by Gasteiger charge is -2.16. The molecule has 1 saturated carbocycles. The van der Waals surface area contributed by atoms with E-state index in [-0.39, 0.29) is 18.0 Å². The molecule has 0 bridgehead atoms. The summed E-state index contributed by atoms with van der Waals surface area (Å²) in [5, 5.41) is 0.725. The SMILES string of the molecule is CCc1ccc(CC(=O)C2(c3ccc4c(c3)OCO4)CC2)cc1-c1ccc(Cl)cc1. The maximum Gasteiger partial charge on any atom is 0.231 e. The summed E-state index contributed by atoms with van der Waals surface area (Å²) in [5.41, 5.74) is 5.28. The molecule has 1 heterocycles. The van der Waals surface area contributed by atoms with Crippen LogP contribution in [0.5, 0.6) is 11.5 Å². The Morgan fingerprint density at radius 1 is 0.967 bits per heavy atom. The van der Waals surface area contributed by atoms with E-state index >= 15 is 0 Å². The van der Waals surface area contributed by atoms with Crippen molar-refractivity contribution in [1.29, 1.82) is 0 Å². The lowest BCUT2D eigenvalue weighted by molar-refractivity contribution is -0.120. The lowest BCUT2D eigenvalue weighted by Crippen LogP contribution is -2.22. The van der Waals surface area contributed by atoms with Crippen LogP contribution in [0.3, 0.4) is 0 Å². The first-order chi connectivity index (χ1) is 14.6. The standard InChI is InChI=1S/C26H23ClO3/c1-2-18-4-3-17(13-22(18)19-5-8-21(27)9-6-19)14-25(28)26(11-12-26)20-7-10-23-24(15-20)30-16-29-23/h3-10,13,15H,2,11-12,14,16H2,1H3. The minimum Gasteiger partial charge on any atom is -0.454 e. The van der Waals surface area contributed by atoms with Gasteiger partial charge in [-0.15, -0.1) is 0 Å². The molecule has 5 rings (SSSR count). The zero-order chi connectivity index (χ0) is 20.7. The van der Waals surface area contributed by atoms with Gasteiger partial charge in [-0.2, -0.15) is 0 Å². The number of halogens is 1. The second-order valence-electron chi connectivity index (χ2n) is 8.10. The minimum absolute atomic E-state index is 0.247. The molecule has 4 heteroatoms. The van der Waals surface area contributed by atoms with Crippen molar-refractivity contribution in [1.82, 2.24) is 0 Å². The number of ether oxygens (including phenoxy) is 2. The van der Waals surface area contributed by atoms with Crippen LogP contribution in [0.4, 0.5) is 0 Å². The van der Waals surface area contributed by atoms with Crippen molar-refractivity contribution in [3.63, 3.8) is 0 Å². The average molecular weight is 419 g/mol. The van der Waals surface area contributed by atoms with Gasteiger partial charge in [0.25, 0.3) is 0 Å². The zero-order valence-electron chi connectivity index (χ0n) is 16.9. The molecule has 0 aromatic heterocycles. The third kappa shape index (κ3) is 3.37. The number of hydrogen-bond donors (Lipinski definition) is 0. The van der Waals surface area contributed by atoms with Gasteiger partial charge in [0.1, 0.15) is 5.78 Å². The van der Waals surface area contributed by atoms with Crippen molar-refractivity contribution in [2.75, 3.05) is 6.79 Å². The van der Waals surface area contributed by atoms with Crippen molar-refractivity contribution >= 4 is 17.4 Å². The second-order valence-corrected chi connectivity index (χ2v) is 8.54. The van der Waals surface area contributed by atoms with Crippen molar-refractivity contribution in [2.45, 2.75) is 38.0 Å². The van der Waals surface area contributed by atoms with Crippen molar-refractivity contribution in [3.8, 4) is 22.6 Å². The van der Waals surface area contributed by atoms with E-state index in [9.17, 15) is 4.79 Å². The molecule has 2 aliphatic rings. The maximum atomic E-state index is 13.4. The van der Waals surface area contributed by atoms with Gasteiger partial charge in [0.15, 0.2) is 11.5 Å². The topological polar surface area (TPSA) is 35.5 Å². The summed E-state index contributed by atoms with van der Waals surface area (Å²) in [5.74, 6) is 1.77. The van der Waals surface area contributed by atoms with Gasteiger partial charge in [0.2, 0.25) is 6.79 Å². The summed E-state index contributed by atoms with van der Waals surface area (Å²) in [6.45, 7) is 2.40. The molecule has 152 valence electrons. The van der Waals surface area contributed by atoms with Crippen LogP contribution in [-0.4, -0.2) is 12.6 Å². The quantitative estimate of drug-likeness (QED) is 0.482. The number of fused-ring (bicyclic) bond motifs is 1. The molecule has 0 atom stereocenters. The largest absolute Gasteiger partial charge is 0.454 e. The molecular formula is C26H23ClO3. The second kappa shape index (κ2) is 7.48. The molecule has 1 aliphatic carbocycles. The zero-order valence-corrected chi connectivity index (χ0v) is 17.7. The van der Waals surface area contributed by atoms with Gasteiger partial charge in [0.05, 0.1) is 5.41 Å². The summed E-state index contributed by atoms with van der Waals surface area (Å²) in [4.78, 5) is 13.4. The molecule has 3 aromatic rings. The first-order valence-electron chi connectivity index (χ1n) is 10.4.